The van der Waals surface area contributed by atoms with Crippen LogP contribution in [-0.4, -0.2) is 11.6 Å². The van der Waals surface area contributed by atoms with Gasteiger partial charge in [-0.05, 0) is 36.6 Å². The van der Waals surface area contributed by atoms with Gasteiger partial charge < -0.3 is 10.5 Å². The summed E-state index contributed by atoms with van der Waals surface area (Å²) in [5.41, 5.74) is 8.55. The minimum Gasteiger partial charge on any atom is -0.493 e. The molecule has 2 aromatic rings. The van der Waals surface area contributed by atoms with E-state index < -0.39 is 0 Å². The van der Waals surface area contributed by atoms with E-state index in [1.165, 1.54) is 5.56 Å². The summed E-state index contributed by atoms with van der Waals surface area (Å²) in [5.74, 6) is 0.894. The van der Waals surface area contributed by atoms with Gasteiger partial charge in [0.05, 0.1) is 6.61 Å². The Balaban J connectivity index is 2.12. The van der Waals surface area contributed by atoms with Crippen LogP contribution in [0.4, 0.5) is 0 Å². The molecule has 0 radical (unpaired) electrons. The second kappa shape index (κ2) is 6.90. The highest BCUT2D eigenvalue weighted by molar-refractivity contribution is 5.36. The molecule has 0 saturated carbocycles. The molecule has 0 aliphatic heterocycles. The van der Waals surface area contributed by atoms with Crippen molar-refractivity contribution in [2.45, 2.75) is 25.8 Å². The number of pyridine rings is 1. The second-order valence-corrected chi connectivity index (χ2v) is 4.55. The van der Waals surface area contributed by atoms with Crippen LogP contribution >= 0.6 is 0 Å². The van der Waals surface area contributed by atoms with E-state index in [1.807, 2.05) is 36.4 Å². The molecule has 0 spiro atoms. The van der Waals surface area contributed by atoms with E-state index in [0.29, 0.717) is 0 Å². The molecule has 0 amide bonds. The highest BCUT2D eigenvalue weighted by Crippen LogP contribution is 2.26. The number of rotatable bonds is 6. The van der Waals surface area contributed by atoms with E-state index in [2.05, 4.69) is 11.9 Å². The molecule has 1 unspecified atom stereocenters. The van der Waals surface area contributed by atoms with Crippen LogP contribution in [0.3, 0.4) is 0 Å². The average Bonchev–Trinajstić information content (AvgIpc) is 2.46. The molecule has 1 aromatic carbocycles. The predicted molar refractivity (Wildman–Crippen MR) is 77.1 cm³/mol. The Labute approximate surface area is 114 Å². The summed E-state index contributed by atoms with van der Waals surface area (Å²) in [5, 5.41) is 0. The molecule has 1 aromatic heterocycles. The maximum atomic E-state index is 6.30. The van der Waals surface area contributed by atoms with Crippen LogP contribution < -0.4 is 10.5 Å². The van der Waals surface area contributed by atoms with E-state index in [9.17, 15) is 0 Å². The van der Waals surface area contributed by atoms with Crippen LogP contribution in [0.2, 0.25) is 0 Å². The lowest BCUT2D eigenvalue weighted by Gasteiger charge is -2.16. The smallest absolute Gasteiger partial charge is 0.124 e. The van der Waals surface area contributed by atoms with Crippen LogP contribution in [0.5, 0.6) is 5.75 Å². The molecule has 2 N–H and O–H groups in total. The summed E-state index contributed by atoms with van der Waals surface area (Å²) in [6, 6.07) is 11.9. The van der Waals surface area contributed by atoms with Crippen molar-refractivity contribution in [2.75, 3.05) is 6.61 Å². The first-order valence-electron chi connectivity index (χ1n) is 6.67. The predicted octanol–water partition coefficient (Wildman–Crippen LogP) is 3.11. The fourth-order valence-corrected chi connectivity index (χ4v) is 2.01. The van der Waals surface area contributed by atoms with Crippen LogP contribution in [0.1, 0.15) is 30.5 Å². The van der Waals surface area contributed by atoms with E-state index >= 15 is 0 Å². The fourth-order valence-electron chi connectivity index (χ4n) is 2.01. The summed E-state index contributed by atoms with van der Waals surface area (Å²) in [4.78, 5) is 4.02. The molecule has 0 aliphatic rings. The van der Waals surface area contributed by atoms with E-state index in [1.54, 1.807) is 12.4 Å². The number of benzene rings is 1. The van der Waals surface area contributed by atoms with Crippen molar-refractivity contribution in [1.82, 2.24) is 4.98 Å². The molecule has 1 heterocycles. The first kappa shape index (κ1) is 13.6. The summed E-state index contributed by atoms with van der Waals surface area (Å²) >= 11 is 0. The Morgan fingerprint density at radius 2 is 1.89 bits per heavy atom. The number of hydrogen-bond donors (Lipinski definition) is 1. The zero-order valence-electron chi connectivity index (χ0n) is 11.3. The number of aromatic nitrogens is 1. The van der Waals surface area contributed by atoms with E-state index in [0.717, 1.165) is 30.8 Å². The number of hydrogen-bond acceptors (Lipinski definition) is 3. The number of para-hydroxylation sites is 1. The maximum absolute atomic E-state index is 6.30. The van der Waals surface area contributed by atoms with E-state index in [-0.39, 0.29) is 6.04 Å². The van der Waals surface area contributed by atoms with Crippen molar-refractivity contribution in [3.8, 4) is 5.75 Å². The molecule has 1 atom stereocenters. The monoisotopic (exact) mass is 256 g/mol. The van der Waals surface area contributed by atoms with Gasteiger partial charge in [-0.25, -0.2) is 0 Å². The quantitative estimate of drug-likeness (QED) is 0.864. The average molecular weight is 256 g/mol. The van der Waals surface area contributed by atoms with Crippen LogP contribution in [0.15, 0.2) is 48.8 Å². The Kier molecular flexibility index (Phi) is 4.93. The largest absolute Gasteiger partial charge is 0.493 e. The normalized spacial score (nSPS) is 12.1. The second-order valence-electron chi connectivity index (χ2n) is 4.55. The Morgan fingerprint density at radius 3 is 2.63 bits per heavy atom. The zero-order chi connectivity index (χ0) is 13.5. The summed E-state index contributed by atoms with van der Waals surface area (Å²) < 4.78 is 5.75. The van der Waals surface area contributed by atoms with Gasteiger partial charge >= 0.3 is 0 Å². The summed E-state index contributed by atoms with van der Waals surface area (Å²) in [6.07, 6.45) is 5.37. The SMILES string of the molecule is CCCOc1ccccc1C(N)Cc1ccncc1. The first-order valence-corrected chi connectivity index (χ1v) is 6.67. The van der Waals surface area contributed by atoms with Crippen molar-refractivity contribution in [1.29, 1.82) is 0 Å². The fraction of sp³-hybridized carbons (Fsp3) is 0.312. The number of nitrogens with two attached hydrogens (primary N) is 1. The highest BCUT2D eigenvalue weighted by Gasteiger charge is 2.12. The Hall–Kier alpha value is -1.87. The molecule has 100 valence electrons. The van der Waals surface area contributed by atoms with Gasteiger partial charge in [0.1, 0.15) is 5.75 Å². The van der Waals surface area contributed by atoms with Gasteiger partial charge in [-0.15, -0.1) is 0 Å². The molecular formula is C16H20N2O. The van der Waals surface area contributed by atoms with E-state index in [4.69, 9.17) is 10.5 Å². The lowest BCUT2D eigenvalue weighted by Crippen LogP contribution is -2.15. The first-order chi connectivity index (χ1) is 9.31. The van der Waals surface area contributed by atoms with Crippen LogP contribution in [-0.2, 0) is 6.42 Å². The lowest BCUT2D eigenvalue weighted by molar-refractivity contribution is 0.312. The topological polar surface area (TPSA) is 48.1 Å². The van der Waals surface area contributed by atoms with Gasteiger partial charge in [0.2, 0.25) is 0 Å². The molecule has 0 saturated heterocycles. The van der Waals surface area contributed by atoms with Gasteiger partial charge in [0, 0.05) is 24.0 Å². The van der Waals surface area contributed by atoms with Crippen LogP contribution in [0.25, 0.3) is 0 Å². The molecule has 2 rings (SSSR count). The molecule has 19 heavy (non-hydrogen) atoms. The molecular weight excluding hydrogens is 236 g/mol. The van der Waals surface area contributed by atoms with Gasteiger partial charge in [0.15, 0.2) is 0 Å². The zero-order valence-corrected chi connectivity index (χ0v) is 11.3. The molecule has 3 heteroatoms. The van der Waals surface area contributed by atoms with Crippen LogP contribution in [0, 0.1) is 0 Å². The number of ether oxygens (including phenoxy) is 1. The van der Waals surface area contributed by atoms with Gasteiger partial charge in [-0.2, -0.15) is 0 Å². The molecule has 0 fully saturated rings. The molecule has 0 bridgehead atoms. The van der Waals surface area contributed by atoms with Crippen molar-refractivity contribution in [3.05, 3.63) is 59.9 Å². The maximum Gasteiger partial charge on any atom is 0.124 e. The Bertz CT molecular complexity index is 499. The summed E-state index contributed by atoms with van der Waals surface area (Å²) in [7, 11) is 0. The minimum atomic E-state index is -0.0598. The van der Waals surface area contributed by atoms with Gasteiger partial charge in [-0.1, -0.05) is 25.1 Å². The highest BCUT2D eigenvalue weighted by atomic mass is 16.5. The third kappa shape index (κ3) is 3.80. The van der Waals surface area contributed by atoms with Crippen molar-refractivity contribution in [3.63, 3.8) is 0 Å². The third-order valence-corrected chi connectivity index (χ3v) is 2.99. The van der Waals surface area contributed by atoms with Gasteiger partial charge in [0.25, 0.3) is 0 Å². The Morgan fingerprint density at radius 1 is 1.16 bits per heavy atom. The van der Waals surface area contributed by atoms with Crippen molar-refractivity contribution in [2.24, 2.45) is 5.73 Å². The molecule has 3 nitrogen and oxygen atoms in total. The van der Waals surface area contributed by atoms with Gasteiger partial charge in [-0.3, -0.25) is 4.98 Å². The number of nitrogens with zero attached hydrogens (tertiary/aromatic N) is 1. The summed E-state index contributed by atoms with van der Waals surface area (Å²) in [6.45, 7) is 2.82. The minimum absolute atomic E-state index is 0.0598. The lowest BCUT2D eigenvalue weighted by atomic mass is 9.99. The van der Waals surface area contributed by atoms with Crippen molar-refractivity contribution < 1.29 is 4.74 Å². The van der Waals surface area contributed by atoms with Crippen molar-refractivity contribution >= 4 is 0 Å². The third-order valence-electron chi connectivity index (χ3n) is 2.99. The molecule has 0 aliphatic carbocycles. The standard InChI is InChI=1S/C16H20N2O/c1-2-11-19-16-6-4-3-5-14(16)15(17)12-13-7-9-18-10-8-13/h3-10,15H,2,11-12,17H2,1H3.